The van der Waals surface area contributed by atoms with Gasteiger partial charge in [0.05, 0.1) is 0 Å². The molecule has 5 heteroatoms. The van der Waals surface area contributed by atoms with E-state index in [1.807, 2.05) is 0 Å². The van der Waals surface area contributed by atoms with E-state index in [0.29, 0.717) is 0 Å². The number of carboxylic acid groups (broad SMARTS) is 1. The van der Waals surface area contributed by atoms with Crippen LogP contribution >= 0.6 is 0 Å². The quantitative estimate of drug-likeness (QED) is 0.635. The summed E-state index contributed by atoms with van der Waals surface area (Å²) in [6.07, 6.45) is 3.69. The van der Waals surface area contributed by atoms with Gasteiger partial charge in [0.2, 0.25) is 0 Å². The first-order chi connectivity index (χ1) is 6.18. The molecule has 1 heterocycles. The summed E-state index contributed by atoms with van der Waals surface area (Å²) in [7, 11) is 0. The standard InChI is InChI=1S/C8H11NO4/c10-7(11)3-4-8(12)13-9-5-1-2-6-9/h3-4H,1-2,5-6H2,(H,10,11)/b4-3-. The van der Waals surface area contributed by atoms with Crippen molar-refractivity contribution in [1.29, 1.82) is 0 Å². The molecular weight excluding hydrogens is 174 g/mol. The van der Waals surface area contributed by atoms with Crippen molar-refractivity contribution in [3.05, 3.63) is 12.2 Å². The molecule has 5 nitrogen and oxygen atoms in total. The highest BCUT2D eigenvalue weighted by atomic mass is 16.7. The first-order valence-electron chi connectivity index (χ1n) is 4.06. The lowest BCUT2D eigenvalue weighted by Crippen LogP contribution is -2.22. The molecule has 1 fully saturated rings. The topological polar surface area (TPSA) is 66.8 Å². The molecule has 1 rings (SSSR count). The summed E-state index contributed by atoms with van der Waals surface area (Å²) in [5, 5.41) is 9.75. The third-order valence-corrected chi connectivity index (χ3v) is 1.65. The largest absolute Gasteiger partial charge is 0.478 e. The molecule has 72 valence electrons. The van der Waals surface area contributed by atoms with Gasteiger partial charge in [-0.3, -0.25) is 0 Å². The number of hydrogen-bond donors (Lipinski definition) is 1. The van der Waals surface area contributed by atoms with Crippen LogP contribution in [0.15, 0.2) is 12.2 Å². The zero-order valence-corrected chi connectivity index (χ0v) is 7.10. The second kappa shape index (κ2) is 4.61. The molecule has 0 radical (unpaired) electrons. The predicted octanol–water partition coefficient (Wildman–Crippen LogP) is 0.181. The summed E-state index contributed by atoms with van der Waals surface area (Å²) in [5.74, 6) is -1.79. The van der Waals surface area contributed by atoms with Gasteiger partial charge in [0.1, 0.15) is 0 Å². The molecule has 0 spiro atoms. The maximum absolute atomic E-state index is 10.9. The Balaban J connectivity index is 2.28. The number of aliphatic carboxylic acids is 1. The highest BCUT2D eigenvalue weighted by Crippen LogP contribution is 2.07. The van der Waals surface area contributed by atoms with Gasteiger partial charge in [-0.1, -0.05) is 0 Å². The Hall–Kier alpha value is -1.36. The second-order valence-corrected chi connectivity index (χ2v) is 2.72. The molecule has 0 aromatic rings. The summed E-state index contributed by atoms with van der Waals surface area (Å²) < 4.78 is 0. The first-order valence-corrected chi connectivity index (χ1v) is 4.06. The molecule has 13 heavy (non-hydrogen) atoms. The highest BCUT2D eigenvalue weighted by Gasteiger charge is 2.14. The van der Waals surface area contributed by atoms with Crippen molar-refractivity contribution >= 4 is 11.9 Å². The first kappa shape index (κ1) is 9.73. The van der Waals surface area contributed by atoms with Crippen molar-refractivity contribution in [2.45, 2.75) is 12.8 Å². The van der Waals surface area contributed by atoms with Gasteiger partial charge in [0.25, 0.3) is 0 Å². The van der Waals surface area contributed by atoms with Gasteiger partial charge in [-0.05, 0) is 12.8 Å². The summed E-state index contributed by atoms with van der Waals surface area (Å²) in [5.41, 5.74) is 0. The molecule has 0 unspecified atom stereocenters. The van der Waals surface area contributed by atoms with Gasteiger partial charge in [-0.15, -0.1) is 5.06 Å². The molecule has 0 amide bonds. The molecular formula is C8H11NO4. The normalized spacial score (nSPS) is 17.8. The van der Waals surface area contributed by atoms with Crippen LogP contribution in [-0.4, -0.2) is 35.2 Å². The molecule has 0 bridgehead atoms. The fourth-order valence-electron chi connectivity index (χ4n) is 1.08. The molecule has 0 aromatic carbocycles. The zero-order chi connectivity index (χ0) is 9.68. The Morgan fingerprint density at radius 1 is 1.23 bits per heavy atom. The van der Waals surface area contributed by atoms with E-state index < -0.39 is 11.9 Å². The Bertz CT molecular complexity index is 230. The Morgan fingerprint density at radius 3 is 2.38 bits per heavy atom. The zero-order valence-electron chi connectivity index (χ0n) is 7.10. The van der Waals surface area contributed by atoms with Crippen LogP contribution in [0, 0.1) is 0 Å². The number of hydroxylamine groups is 2. The van der Waals surface area contributed by atoms with E-state index in [9.17, 15) is 9.59 Å². The van der Waals surface area contributed by atoms with Gasteiger partial charge in [0.15, 0.2) is 0 Å². The molecule has 1 N–H and O–H groups in total. The van der Waals surface area contributed by atoms with Crippen molar-refractivity contribution in [2.24, 2.45) is 0 Å². The third kappa shape index (κ3) is 3.71. The van der Waals surface area contributed by atoms with Crippen molar-refractivity contribution in [3.8, 4) is 0 Å². The van der Waals surface area contributed by atoms with Gasteiger partial charge >= 0.3 is 11.9 Å². The van der Waals surface area contributed by atoms with E-state index >= 15 is 0 Å². The lowest BCUT2D eigenvalue weighted by Gasteiger charge is -2.11. The summed E-state index contributed by atoms with van der Waals surface area (Å²) >= 11 is 0. The number of hydrogen-bond acceptors (Lipinski definition) is 4. The maximum Gasteiger partial charge on any atom is 0.349 e. The van der Waals surface area contributed by atoms with Crippen LogP contribution in [0.25, 0.3) is 0 Å². The van der Waals surface area contributed by atoms with E-state index in [1.165, 1.54) is 5.06 Å². The summed E-state index contributed by atoms with van der Waals surface area (Å²) in [6.45, 7) is 1.46. The van der Waals surface area contributed by atoms with Crippen molar-refractivity contribution in [3.63, 3.8) is 0 Å². The van der Waals surface area contributed by atoms with Crippen molar-refractivity contribution < 1.29 is 19.5 Å². The van der Waals surface area contributed by atoms with Crippen LogP contribution in [0.3, 0.4) is 0 Å². The highest BCUT2D eigenvalue weighted by molar-refractivity contribution is 5.90. The Labute approximate surface area is 75.5 Å². The molecule has 0 aliphatic carbocycles. The van der Waals surface area contributed by atoms with Gasteiger partial charge in [-0.2, -0.15) is 0 Å². The summed E-state index contributed by atoms with van der Waals surface area (Å²) in [4.78, 5) is 25.7. The fourth-order valence-corrected chi connectivity index (χ4v) is 1.08. The molecule has 0 atom stereocenters. The van der Waals surface area contributed by atoms with Crippen LogP contribution in [-0.2, 0) is 14.4 Å². The lowest BCUT2D eigenvalue weighted by atomic mass is 10.4. The van der Waals surface area contributed by atoms with Gasteiger partial charge in [-0.25, -0.2) is 9.59 Å². The van der Waals surface area contributed by atoms with Crippen molar-refractivity contribution in [2.75, 3.05) is 13.1 Å². The minimum absolute atomic E-state index is 0.635. The molecule has 0 aromatic heterocycles. The minimum atomic E-state index is -1.15. The van der Waals surface area contributed by atoms with E-state index in [2.05, 4.69) is 0 Å². The van der Waals surface area contributed by atoms with Crippen LogP contribution in [0.2, 0.25) is 0 Å². The third-order valence-electron chi connectivity index (χ3n) is 1.65. The average molecular weight is 185 g/mol. The minimum Gasteiger partial charge on any atom is -0.478 e. The number of carbonyl (C=O) groups is 2. The SMILES string of the molecule is O=C(O)/C=C\C(=O)ON1CCCC1. The van der Waals surface area contributed by atoms with Crippen LogP contribution in [0.4, 0.5) is 0 Å². The lowest BCUT2D eigenvalue weighted by molar-refractivity contribution is -0.178. The molecule has 1 aliphatic rings. The smallest absolute Gasteiger partial charge is 0.349 e. The van der Waals surface area contributed by atoms with Crippen molar-refractivity contribution in [1.82, 2.24) is 5.06 Å². The Morgan fingerprint density at radius 2 is 1.85 bits per heavy atom. The molecule has 1 aliphatic heterocycles. The number of rotatable bonds is 3. The van der Waals surface area contributed by atoms with Crippen LogP contribution in [0.5, 0.6) is 0 Å². The Kier molecular flexibility index (Phi) is 3.45. The monoisotopic (exact) mass is 185 g/mol. The number of carbonyl (C=O) groups excluding carboxylic acids is 1. The van der Waals surface area contributed by atoms with E-state index in [4.69, 9.17) is 9.94 Å². The number of nitrogens with zero attached hydrogens (tertiary/aromatic N) is 1. The van der Waals surface area contributed by atoms with Gasteiger partial charge < -0.3 is 9.94 Å². The number of carboxylic acids is 1. The van der Waals surface area contributed by atoms with Crippen LogP contribution in [0.1, 0.15) is 12.8 Å². The molecule has 0 saturated carbocycles. The van der Waals surface area contributed by atoms with E-state index in [1.54, 1.807) is 0 Å². The molecule has 1 saturated heterocycles. The van der Waals surface area contributed by atoms with Gasteiger partial charge in [0, 0.05) is 25.2 Å². The maximum atomic E-state index is 10.9. The predicted molar refractivity (Wildman–Crippen MR) is 43.7 cm³/mol. The van der Waals surface area contributed by atoms with E-state index in [-0.39, 0.29) is 0 Å². The second-order valence-electron chi connectivity index (χ2n) is 2.72. The van der Waals surface area contributed by atoms with E-state index in [0.717, 1.165) is 38.1 Å². The van der Waals surface area contributed by atoms with Crippen LogP contribution < -0.4 is 0 Å². The summed E-state index contributed by atoms with van der Waals surface area (Å²) in [6, 6.07) is 0. The fraction of sp³-hybridized carbons (Fsp3) is 0.500. The average Bonchev–Trinajstić information content (AvgIpc) is 2.53.